The maximum absolute atomic E-state index is 11.9. The molecule has 0 aliphatic heterocycles. The molecule has 4 aliphatic rings. The van der Waals surface area contributed by atoms with Gasteiger partial charge in [-0.2, -0.15) is 0 Å². The molecule has 9 nitrogen and oxygen atoms in total. The first-order valence-corrected chi connectivity index (χ1v) is 13.8. The molecule has 0 aromatic heterocycles. The van der Waals surface area contributed by atoms with Crippen LogP contribution in [0, 0.1) is 23.2 Å². The summed E-state index contributed by atoms with van der Waals surface area (Å²) in [6.45, 7) is 7.46. The SMILES string of the molecule is CCOC(=O)C1CC(=O)C(=C(O)C2CC2)C(=O)C1.COC(=O)/C=C(C)\C=C\[C@@]1(O)C(C)=CC(=O)CC1(C)C1CC1. The van der Waals surface area contributed by atoms with Gasteiger partial charge in [-0.1, -0.05) is 13.0 Å². The quantitative estimate of drug-likeness (QED) is 0.156. The number of aliphatic hydroxyl groups is 2. The van der Waals surface area contributed by atoms with Gasteiger partial charge in [-0.15, -0.1) is 0 Å². The number of aliphatic hydroxyl groups excluding tert-OH is 1. The molecule has 218 valence electrons. The number of carbonyl (C=O) groups is 5. The molecule has 0 amide bonds. The zero-order valence-corrected chi connectivity index (χ0v) is 24.0. The van der Waals surface area contributed by atoms with Crippen LogP contribution >= 0.6 is 0 Å². The highest BCUT2D eigenvalue weighted by Crippen LogP contribution is 2.57. The summed E-state index contributed by atoms with van der Waals surface area (Å²) >= 11 is 0. The average molecular weight is 557 g/mol. The summed E-state index contributed by atoms with van der Waals surface area (Å²) in [5.41, 5.74) is -0.362. The highest BCUT2D eigenvalue weighted by molar-refractivity contribution is 6.23. The Morgan fingerprint density at radius 2 is 1.68 bits per heavy atom. The second-order valence-corrected chi connectivity index (χ2v) is 11.4. The average Bonchev–Trinajstić information content (AvgIpc) is 3.78. The van der Waals surface area contributed by atoms with Gasteiger partial charge in [0.25, 0.3) is 0 Å². The highest BCUT2D eigenvalue weighted by atomic mass is 16.5. The molecule has 0 bridgehead atoms. The van der Waals surface area contributed by atoms with E-state index in [1.165, 1.54) is 19.3 Å². The molecule has 0 aromatic carbocycles. The molecule has 40 heavy (non-hydrogen) atoms. The van der Waals surface area contributed by atoms with Gasteiger partial charge in [0, 0.05) is 36.7 Å². The van der Waals surface area contributed by atoms with E-state index in [2.05, 4.69) is 4.74 Å². The lowest BCUT2D eigenvalue weighted by molar-refractivity contribution is -0.151. The van der Waals surface area contributed by atoms with Crippen molar-refractivity contribution in [3.63, 3.8) is 0 Å². The van der Waals surface area contributed by atoms with Crippen molar-refractivity contribution < 1.29 is 43.7 Å². The summed E-state index contributed by atoms with van der Waals surface area (Å²) in [5.74, 6) is -2.18. The monoisotopic (exact) mass is 556 g/mol. The van der Waals surface area contributed by atoms with E-state index < -0.39 is 40.4 Å². The van der Waals surface area contributed by atoms with Gasteiger partial charge in [-0.05, 0) is 75.7 Å². The molecule has 0 aromatic rings. The maximum atomic E-state index is 11.9. The normalized spacial score (nSPS) is 29.0. The fourth-order valence-corrected chi connectivity index (χ4v) is 5.55. The van der Waals surface area contributed by atoms with Crippen LogP contribution in [0.2, 0.25) is 0 Å². The van der Waals surface area contributed by atoms with Crippen LogP contribution in [0.15, 0.2) is 46.8 Å². The van der Waals surface area contributed by atoms with E-state index in [1.807, 2.05) is 6.92 Å². The third-order valence-corrected chi connectivity index (χ3v) is 8.26. The second kappa shape index (κ2) is 12.5. The van der Waals surface area contributed by atoms with Gasteiger partial charge in [-0.25, -0.2) is 4.79 Å². The van der Waals surface area contributed by atoms with Crippen LogP contribution in [0.25, 0.3) is 0 Å². The van der Waals surface area contributed by atoms with Gasteiger partial charge < -0.3 is 19.7 Å². The molecular formula is C31H40O9. The van der Waals surface area contributed by atoms with Gasteiger partial charge in [0.15, 0.2) is 17.3 Å². The molecule has 1 unspecified atom stereocenters. The Labute approximate surface area is 235 Å². The van der Waals surface area contributed by atoms with Crippen LogP contribution in [0.4, 0.5) is 0 Å². The van der Waals surface area contributed by atoms with Crippen molar-refractivity contribution in [2.45, 2.75) is 78.2 Å². The Morgan fingerprint density at radius 3 is 2.17 bits per heavy atom. The number of rotatable bonds is 7. The first-order chi connectivity index (χ1) is 18.8. The van der Waals surface area contributed by atoms with E-state index in [0.29, 0.717) is 23.5 Å². The smallest absolute Gasteiger partial charge is 0.330 e. The molecule has 2 atom stereocenters. The molecule has 9 heteroatoms. The first-order valence-electron chi connectivity index (χ1n) is 13.8. The summed E-state index contributed by atoms with van der Waals surface area (Å²) in [6, 6.07) is 0. The number of ether oxygens (including phenoxy) is 2. The van der Waals surface area contributed by atoms with Crippen LogP contribution in [0.3, 0.4) is 0 Å². The molecule has 3 saturated carbocycles. The summed E-state index contributed by atoms with van der Waals surface area (Å²) in [6.07, 6.45) is 10.4. The fraction of sp³-hybridized carbons (Fsp3) is 0.581. The summed E-state index contributed by atoms with van der Waals surface area (Å²) < 4.78 is 9.41. The van der Waals surface area contributed by atoms with Gasteiger partial charge in [-0.3, -0.25) is 19.2 Å². The van der Waals surface area contributed by atoms with E-state index in [-0.39, 0.29) is 42.5 Å². The minimum absolute atomic E-state index is 0.0351. The third kappa shape index (κ3) is 6.86. The molecular weight excluding hydrogens is 516 g/mol. The number of esters is 2. The molecule has 0 spiro atoms. The molecule has 0 heterocycles. The van der Waals surface area contributed by atoms with Crippen molar-refractivity contribution in [1.29, 1.82) is 0 Å². The maximum Gasteiger partial charge on any atom is 0.330 e. The lowest BCUT2D eigenvalue weighted by Gasteiger charge is -2.47. The van der Waals surface area contributed by atoms with E-state index in [0.717, 1.165) is 25.7 Å². The highest BCUT2D eigenvalue weighted by Gasteiger charge is 2.57. The Hall–Kier alpha value is -3.33. The molecule has 4 aliphatic carbocycles. The summed E-state index contributed by atoms with van der Waals surface area (Å²) in [4.78, 5) is 58.4. The Morgan fingerprint density at radius 1 is 1.07 bits per heavy atom. The number of hydrogen-bond acceptors (Lipinski definition) is 9. The van der Waals surface area contributed by atoms with Gasteiger partial charge >= 0.3 is 11.9 Å². The second-order valence-electron chi connectivity index (χ2n) is 11.4. The summed E-state index contributed by atoms with van der Waals surface area (Å²) in [5, 5.41) is 21.1. The Kier molecular flexibility index (Phi) is 9.72. The van der Waals surface area contributed by atoms with Crippen LogP contribution in [0.5, 0.6) is 0 Å². The minimum Gasteiger partial charge on any atom is -0.511 e. The van der Waals surface area contributed by atoms with Crippen molar-refractivity contribution >= 4 is 29.3 Å². The Balaban J connectivity index is 0.000000225. The number of methoxy groups -OCH3 is 1. The number of Topliss-reactive ketones (excluding diaryl/α,β-unsaturated/α-hetero) is 2. The predicted molar refractivity (Wildman–Crippen MR) is 146 cm³/mol. The van der Waals surface area contributed by atoms with E-state index in [9.17, 15) is 34.2 Å². The number of ketones is 3. The van der Waals surface area contributed by atoms with Crippen molar-refractivity contribution in [2.24, 2.45) is 23.2 Å². The minimum atomic E-state index is -1.16. The van der Waals surface area contributed by atoms with Gasteiger partial charge in [0.2, 0.25) is 0 Å². The standard InChI is InChI=1S/C18H24O4.C13H16O5/c1-12(9-16(20)22-4)7-8-18(21)13(2)10-15(19)11-17(18,3)14-5-6-14;1-2-18-13(17)8-5-9(14)11(10(15)6-8)12(16)7-3-4-7/h7-10,14,21H,5-6,11H2,1-4H3;7-8,16H,2-6H2,1H3/b8-7+,12-9-;/t17?,18-;/m1./s1. The van der Waals surface area contributed by atoms with Crippen molar-refractivity contribution in [3.05, 3.63) is 46.8 Å². The Bertz CT molecular complexity index is 1180. The number of allylic oxidation sites excluding steroid dienone is 5. The van der Waals surface area contributed by atoms with E-state index in [4.69, 9.17) is 4.74 Å². The zero-order chi connectivity index (χ0) is 29.8. The van der Waals surface area contributed by atoms with Crippen molar-refractivity contribution in [1.82, 2.24) is 0 Å². The van der Waals surface area contributed by atoms with Crippen molar-refractivity contribution in [2.75, 3.05) is 13.7 Å². The van der Waals surface area contributed by atoms with Gasteiger partial charge in [0.05, 0.1) is 25.2 Å². The van der Waals surface area contributed by atoms with Crippen molar-refractivity contribution in [3.8, 4) is 0 Å². The largest absolute Gasteiger partial charge is 0.511 e. The zero-order valence-electron chi connectivity index (χ0n) is 24.0. The molecule has 0 saturated heterocycles. The summed E-state index contributed by atoms with van der Waals surface area (Å²) in [7, 11) is 1.33. The topological polar surface area (TPSA) is 144 Å². The van der Waals surface area contributed by atoms with E-state index >= 15 is 0 Å². The molecule has 3 fully saturated rings. The molecule has 0 radical (unpaired) electrons. The number of carbonyl (C=O) groups excluding carboxylic acids is 5. The lowest BCUT2D eigenvalue weighted by Crippen LogP contribution is -2.51. The third-order valence-electron chi connectivity index (χ3n) is 8.26. The van der Waals surface area contributed by atoms with Gasteiger partial charge in [0.1, 0.15) is 11.4 Å². The lowest BCUT2D eigenvalue weighted by atomic mass is 9.60. The number of hydrogen-bond donors (Lipinski definition) is 2. The van der Waals surface area contributed by atoms with Crippen LogP contribution in [0.1, 0.15) is 72.6 Å². The van der Waals surface area contributed by atoms with Crippen LogP contribution in [-0.4, -0.2) is 58.8 Å². The van der Waals surface area contributed by atoms with Crippen LogP contribution < -0.4 is 0 Å². The van der Waals surface area contributed by atoms with Crippen LogP contribution in [-0.2, 0) is 33.4 Å². The van der Waals surface area contributed by atoms with E-state index in [1.54, 1.807) is 32.9 Å². The fourth-order valence-electron chi connectivity index (χ4n) is 5.55. The predicted octanol–water partition coefficient (Wildman–Crippen LogP) is 4.05. The molecule has 4 rings (SSSR count). The molecule has 2 N–H and O–H groups in total. The first kappa shape index (κ1) is 31.2.